The zero-order valence-electron chi connectivity index (χ0n) is 15.7. The molecule has 0 N–H and O–H groups in total. The summed E-state index contributed by atoms with van der Waals surface area (Å²) in [5.41, 5.74) is 1.67. The molecule has 0 rings (SSSR count). The molecule has 0 bridgehead atoms. The van der Waals surface area contributed by atoms with E-state index in [0.29, 0.717) is 21.7 Å². The summed E-state index contributed by atoms with van der Waals surface area (Å²) >= 11 is 0. The molecule has 1 atom stereocenters. The highest BCUT2D eigenvalue weighted by atomic mass is 14.4. The van der Waals surface area contributed by atoms with Crippen molar-refractivity contribution in [3.63, 3.8) is 0 Å². The fourth-order valence-electron chi connectivity index (χ4n) is 4.04. The van der Waals surface area contributed by atoms with Crippen LogP contribution in [0.4, 0.5) is 0 Å². The van der Waals surface area contributed by atoms with Crippen molar-refractivity contribution in [2.24, 2.45) is 27.6 Å². The molecule has 0 saturated heterocycles. The molecule has 0 aliphatic carbocycles. The van der Waals surface area contributed by atoms with Crippen LogP contribution in [0.3, 0.4) is 0 Å². The molecule has 0 aliphatic heterocycles. The average molecular weight is 269 g/mol. The van der Waals surface area contributed by atoms with Gasteiger partial charge in [-0.25, -0.2) is 0 Å². The first kappa shape index (κ1) is 19.0. The predicted octanol–water partition coefficient (Wildman–Crippen LogP) is 6.94. The summed E-state index contributed by atoms with van der Waals surface area (Å²) in [5.74, 6) is 0.726. The predicted molar refractivity (Wildman–Crippen MR) is 89.5 cm³/mol. The van der Waals surface area contributed by atoms with Gasteiger partial charge in [0.25, 0.3) is 0 Å². The molecule has 0 saturated carbocycles. The van der Waals surface area contributed by atoms with Crippen LogP contribution in [0.1, 0.15) is 95.4 Å². The minimum atomic E-state index is 0.389. The Hall–Kier alpha value is 0. The maximum atomic E-state index is 2.46. The molecule has 0 aliphatic rings. The van der Waals surface area contributed by atoms with Crippen LogP contribution in [0.25, 0.3) is 0 Å². The molecule has 0 aromatic heterocycles. The topological polar surface area (TPSA) is 0 Å². The Balaban J connectivity index is 4.91. The van der Waals surface area contributed by atoms with Crippen LogP contribution in [-0.4, -0.2) is 0 Å². The molecular weight excluding hydrogens is 228 g/mol. The van der Waals surface area contributed by atoms with Gasteiger partial charge >= 0.3 is 0 Å². The summed E-state index contributed by atoms with van der Waals surface area (Å²) in [6, 6.07) is 0. The third-order valence-electron chi connectivity index (χ3n) is 5.32. The van der Waals surface area contributed by atoms with Crippen molar-refractivity contribution in [3.8, 4) is 0 Å². The lowest BCUT2D eigenvalue weighted by Gasteiger charge is -2.46. The van der Waals surface area contributed by atoms with Gasteiger partial charge in [-0.05, 0) is 40.4 Å². The van der Waals surface area contributed by atoms with E-state index in [9.17, 15) is 0 Å². The highest BCUT2D eigenvalue weighted by Gasteiger charge is 2.39. The zero-order valence-corrected chi connectivity index (χ0v) is 15.7. The molecule has 0 aromatic carbocycles. The Morgan fingerprint density at radius 2 is 1.11 bits per heavy atom. The second-order valence-electron chi connectivity index (χ2n) is 10.1. The lowest BCUT2D eigenvalue weighted by molar-refractivity contribution is 0.0385. The first-order chi connectivity index (χ1) is 8.13. The van der Waals surface area contributed by atoms with E-state index in [0.717, 1.165) is 5.92 Å². The Morgan fingerprint density at radius 3 is 1.42 bits per heavy atom. The van der Waals surface area contributed by atoms with Gasteiger partial charge in [0.05, 0.1) is 0 Å². The minimum Gasteiger partial charge on any atom is -0.0649 e. The molecule has 116 valence electrons. The molecule has 0 nitrogen and oxygen atoms in total. The van der Waals surface area contributed by atoms with Crippen molar-refractivity contribution in [1.82, 2.24) is 0 Å². The van der Waals surface area contributed by atoms with Crippen molar-refractivity contribution in [2.45, 2.75) is 95.4 Å². The van der Waals surface area contributed by atoms with E-state index in [1.54, 1.807) is 0 Å². The normalized spacial score (nSPS) is 16.6. The molecule has 0 spiro atoms. The zero-order chi connectivity index (χ0) is 15.7. The minimum absolute atomic E-state index is 0.389. The van der Waals surface area contributed by atoms with E-state index in [2.05, 4.69) is 76.2 Å². The van der Waals surface area contributed by atoms with Crippen molar-refractivity contribution >= 4 is 0 Å². The Morgan fingerprint density at radius 1 is 0.684 bits per heavy atom. The molecular formula is C19H40. The molecule has 0 aromatic rings. The number of rotatable bonds is 6. The van der Waals surface area contributed by atoms with Gasteiger partial charge in [0.1, 0.15) is 0 Å². The van der Waals surface area contributed by atoms with Crippen molar-refractivity contribution in [2.75, 3.05) is 0 Å². The van der Waals surface area contributed by atoms with Crippen molar-refractivity contribution < 1.29 is 0 Å². The van der Waals surface area contributed by atoms with E-state index in [1.807, 2.05) is 0 Å². The second kappa shape index (κ2) is 5.78. The third-order valence-corrected chi connectivity index (χ3v) is 5.32. The van der Waals surface area contributed by atoms with Gasteiger partial charge in [-0.2, -0.15) is 0 Å². The largest absolute Gasteiger partial charge is 0.0649 e. The molecule has 0 heteroatoms. The fraction of sp³-hybridized carbons (Fsp3) is 1.00. The van der Waals surface area contributed by atoms with E-state index in [1.165, 1.54) is 19.3 Å². The molecule has 19 heavy (non-hydrogen) atoms. The highest BCUT2D eigenvalue weighted by Crippen LogP contribution is 2.49. The molecule has 0 fully saturated rings. The standard InChI is InChI=1S/C19H40/c1-12-17(6,7)13-18(8,9)14-19(10,11)15(2)16(3,4)5/h15H,12-14H2,1-11H3. The lowest BCUT2D eigenvalue weighted by Crippen LogP contribution is -2.37. The van der Waals surface area contributed by atoms with Gasteiger partial charge < -0.3 is 0 Å². The first-order valence-corrected chi connectivity index (χ1v) is 8.13. The maximum Gasteiger partial charge on any atom is -0.0318 e. The fourth-order valence-corrected chi connectivity index (χ4v) is 4.04. The Kier molecular flexibility index (Phi) is 5.78. The summed E-state index contributed by atoms with van der Waals surface area (Å²) < 4.78 is 0. The highest BCUT2D eigenvalue weighted by molar-refractivity contribution is 4.89. The van der Waals surface area contributed by atoms with Crippen LogP contribution in [0.5, 0.6) is 0 Å². The van der Waals surface area contributed by atoms with Crippen LogP contribution in [0.2, 0.25) is 0 Å². The quantitative estimate of drug-likeness (QED) is 0.489. The van der Waals surface area contributed by atoms with Gasteiger partial charge in [-0.3, -0.25) is 0 Å². The van der Waals surface area contributed by atoms with Gasteiger partial charge in [-0.15, -0.1) is 0 Å². The first-order valence-electron chi connectivity index (χ1n) is 8.13. The van der Waals surface area contributed by atoms with Crippen molar-refractivity contribution in [1.29, 1.82) is 0 Å². The van der Waals surface area contributed by atoms with E-state index >= 15 is 0 Å². The van der Waals surface area contributed by atoms with E-state index in [-0.39, 0.29) is 0 Å². The number of hydrogen-bond acceptors (Lipinski definition) is 0. The number of hydrogen-bond donors (Lipinski definition) is 0. The Labute approximate surface area is 123 Å². The van der Waals surface area contributed by atoms with Gasteiger partial charge in [-0.1, -0.05) is 82.6 Å². The van der Waals surface area contributed by atoms with Crippen LogP contribution >= 0.6 is 0 Å². The summed E-state index contributed by atoms with van der Waals surface area (Å²) in [6.07, 6.45) is 3.89. The van der Waals surface area contributed by atoms with E-state index in [4.69, 9.17) is 0 Å². The van der Waals surface area contributed by atoms with Crippen LogP contribution in [-0.2, 0) is 0 Å². The smallest absolute Gasteiger partial charge is 0.0318 e. The van der Waals surface area contributed by atoms with Crippen LogP contribution in [0.15, 0.2) is 0 Å². The molecule has 0 heterocycles. The average Bonchev–Trinajstić information content (AvgIpc) is 2.11. The van der Waals surface area contributed by atoms with Crippen molar-refractivity contribution in [3.05, 3.63) is 0 Å². The summed E-state index contributed by atoms with van der Waals surface area (Å²) in [5, 5.41) is 0. The SMILES string of the molecule is CCC(C)(C)CC(C)(C)CC(C)(C)C(C)C(C)(C)C. The molecule has 1 unspecified atom stereocenters. The van der Waals surface area contributed by atoms with Gasteiger partial charge in [0.2, 0.25) is 0 Å². The van der Waals surface area contributed by atoms with Gasteiger partial charge in [0.15, 0.2) is 0 Å². The third kappa shape index (κ3) is 6.32. The monoisotopic (exact) mass is 268 g/mol. The Bertz CT molecular complexity index is 273. The molecule has 0 radical (unpaired) electrons. The van der Waals surface area contributed by atoms with Gasteiger partial charge in [0, 0.05) is 0 Å². The van der Waals surface area contributed by atoms with Crippen LogP contribution < -0.4 is 0 Å². The summed E-state index contributed by atoms with van der Waals surface area (Å²) in [4.78, 5) is 0. The maximum absolute atomic E-state index is 2.46. The molecule has 0 amide bonds. The van der Waals surface area contributed by atoms with E-state index < -0.39 is 0 Å². The van der Waals surface area contributed by atoms with Crippen LogP contribution in [0, 0.1) is 27.6 Å². The summed E-state index contributed by atoms with van der Waals surface area (Å²) in [6.45, 7) is 26.5. The summed E-state index contributed by atoms with van der Waals surface area (Å²) in [7, 11) is 0. The second-order valence-corrected chi connectivity index (χ2v) is 10.1. The lowest BCUT2D eigenvalue weighted by atomic mass is 9.59.